The quantitative estimate of drug-likeness (QED) is 0.420. The van der Waals surface area contributed by atoms with Crippen molar-refractivity contribution in [1.29, 1.82) is 0 Å². The lowest BCUT2D eigenvalue weighted by Gasteiger charge is -2.00. The SMILES string of the molecule is O=c1oc2ccccc2cc1Cc1ccc([N+](=O)[O-])s1. The first-order valence-electron chi connectivity index (χ1n) is 5.88. The van der Waals surface area contributed by atoms with Gasteiger partial charge in [-0.3, -0.25) is 10.1 Å². The number of rotatable bonds is 3. The second-order valence-electron chi connectivity index (χ2n) is 4.27. The zero-order chi connectivity index (χ0) is 14.1. The van der Waals surface area contributed by atoms with Gasteiger partial charge in [0.2, 0.25) is 0 Å². The number of fused-ring (bicyclic) bond motifs is 1. The Morgan fingerprint density at radius 2 is 2.00 bits per heavy atom. The van der Waals surface area contributed by atoms with Crippen molar-refractivity contribution in [3.8, 4) is 0 Å². The van der Waals surface area contributed by atoms with Gasteiger partial charge >= 0.3 is 10.6 Å². The summed E-state index contributed by atoms with van der Waals surface area (Å²) in [6.07, 6.45) is 0.339. The molecule has 0 atom stereocenters. The molecule has 100 valence electrons. The summed E-state index contributed by atoms with van der Waals surface area (Å²) in [6, 6.07) is 12.1. The van der Waals surface area contributed by atoms with Gasteiger partial charge in [-0.2, -0.15) is 0 Å². The molecule has 0 aliphatic heterocycles. The zero-order valence-electron chi connectivity index (χ0n) is 10.2. The number of hydrogen-bond acceptors (Lipinski definition) is 5. The fourth-order valence-corrected chi connectivity index (χ4v) is 2.82. The van der Waals surface area contributed by atoms with Crippen molar-refractivity contribution in [3.63, 3.8) is 0 Å². The second kappa shape index (κ2) is 4.90. The van der Waals surface area contributed by atoms with Gasteiger partial charge in [0, 0.05) is 28.3 Å². The maximum Gasteiger partial charge on any atom is 0.339 e. The van der Waals surface area contributed by atoms with Crippen LogP contribution in [0.1, 0.15) is 10.4 Å². The van der Waals surface area contributed by atoms with Gasteiger partial charge in [-0.25, -0.2) is 4.79 Å². The largest absolute Gasteiger partial charge is 0.423 e. The molecule has 0 saturated carbocycles. The first-order chi connectivity index (χ1) is 9.63. The minimum Gasteiger partial charge on any atom is -0.423 e. The highest BCUT2D eigenvalue weighted by Gasteiger charge is 2.12. The number of nitrogens with zero attached hydrogens (tertiary/aromatic N) is 1. The van der Waals surface area contributed by atoms with Crippen LogP contribution in [0.25, 0.3) is 11.0 Å². The fourth-order valence-electron chi connectivity index (χ4n) is 1.98. The summed E-state index contributed by atoms with van der Waals surface area (Å²) >= 11 is 1.07. The standard InChI is InChI=1S/C14H9NO4S/c16-14-10(7-9-3-1-2-4-12(9)19-14)8-11-5-6-13(20-11)15(17)18/h1-7H,8H2. The van der Waals surface area contributed by atoms with Crippen molar-refractivity contribution >= 4 is 27.3 Å². The summed E-state index contributed by atoms with van der Waals surface area (Å²) in [5.41, 5.74) is 0.638. The Balaban J connectivity index is 1.99. The molecule has 0 unspecified atom stereocenters. The highest BCUT2D eigenvalue weighted by atomic mass is 32.1. The molecule has 20 heavy (non-hydrogen) atoms. The van der Waals surface area contributed by atoms with E-state index in [0.29, 0.717) is 17.6 Å². The number of benzene rings is 1. The second-order valence-corrected chi connectivity index (χ2v) is 5.42. The molecule has 0 spiro atoms. The molecular formula is C14H9NO4S. The van der Waals surface area contributed by atoms with Crippen LogP contribution in [0.5, 0.6) is 0 Å². The Kier molecular flexibility index (Phi) is 3.08. The number of thiophene rings is 1. The third kappa shape index (κ3) is 2.33. The van der Waals surface area contributed by atoms with E-state index in [0.717, 1.165) is 21.6 Å². The van der Waals surface area contributed by atoms with E-state index in [-0.39, 0.29) is 5.00 Å². The van der Waals surface area contributed by atoms with Gasteiger partial charge < -0.3 is 4.42 Å². The van der Waals surface area contributed by atoms with Gasteiger partial charge in [0.1, 0.15) is 5.58 Å². The smallest absolute Gasteiger partial charge is 0.339 e. The molecule has 6 heteroatoms. The topological polar surface area (TPSA) is 73.3 Å². The summed E-state index contributed by atoms with van der Waals surface area (Å²) in [7, 11) is 0. The van der Waals surface area contributed by atoms with Gasteiger partial charge in [-0.15, -0.1) is 0 Å². The highest BCUT2D eigenvalue weighted by Crippen LogP contribution is 2.26. The van der Waals surface area contributed by atoms with Crippen LogP contribution in [-0.4, -0.2) is 4.92 Å². The molecular weight excluding hydrogens is 278 g/mol. The van der Waals surface area contributed by atoms with E-state index in [1.807, 2.05) is 12.1 Å². The van der Waals surface area contributed by atoms with E-state index in [1.165, 1.54) is 6.07 Å². The van der Waals surface area contributed by atoms with Crippen LogP contribution in [0, 0.1) is 10.1 Å². The van der Waals surface area contributed by atoms with Crippen LogP contribution >= 0.6 is 11.3 Å². The Hall–Kier alpha value is -2.47. The average molecular weight is 287 g/mol. The molecule has 0 N–H and O–H groups in total. The molecule has 0 saturated heterocycles. The Morgan fingerprint density at radius 3 is 2.75 bits per heavy atom. The number of nitro groups is 1. The predicted octanol–water partition coefficient (Wildman–Crippen LogP) is 3.35. The van der Waals surface area contributed by atoms with Crippen LogP contribution in [0.15, 0.2) is 51.7 Å². The monoisotopic (exact) mass is 287 g/mol. The molecule has 3 rings (SSSR count). The van der Waals surface area contributed by atoms with Crippen molar-refractivity contribution in [2.24, 2.45) is 0 Å². The molecule has 0 fully saturated rings. The van der Waals surface area contributed by atoms with E-state index in [9.17, 15) is 14.9 Å². The van der Waals surface area contributed by atoms with E-state index in [4.69, 9.17) is 4.42 Å². The van der Waals surface area contributed by atoms with Gasteiger partial charge in [0.25, 0.3) is 0 Å². The lowest BCUT2D eigenvalue weighted by molar-refractivity contribution is -0.380. The summed E-state index contributed by atoms with van der Waals surface area (Å²) in [5.74, 6) is 0. The maximum absolute atomic E-state index is 11.9. The summed E-state index contributed by atoms with van der Waals surface area (Å²) in [5, 5.41) is 11.6. The molecule has 0 aliphatic carbocycles. The zero-order valence-corrected chi connectivity index (χ0v) is 11.1. The van der Waals surface area contributed by atoms with E-state index < -0.39 is 10.5 Å². The van der Waals surface area contributed by atoms with Crippen LogP contribution in [0.2, 0.25) is 0 Å². The minimum absolute atomic E-state index is 0.0742. The molecule has 0 radical (unpaired) electrons. The van der Waals surface area contributed by atoms with Gasteiger partial charge in [0.05, 0.1) is 4.92 Å². The van der Waals surface area contributed by atoms with Crippen LogP contribution in [0.3, 0.4) is 0 Å². The normalized spacial score (nSPS) is 10.8. The van der Waals surface area contributed by atoms with Crippen molar-refractivity contribution < 1.29 is 9.34 Å². The van der Waals surface area contributed by atoms with E-state index >= 15 is 0 Å². The summed E-state index contributed by atoms with van der Waals surface area (Å²) in [4.78, 5) is 22.9. The molecule has 0 amide bonds. The van der Waals surface area contributed by atoms with Gasteiger partial charge in [-0.1, -0.05) is 29.5 Å². The Labute approximate surface area is 117 Å². The van der Waals surface area contributed by atoms with Crippen LogP contribution < -0.4 is 5.63 Å². The lowest BCUT2D eigenvalue weighted by Crippen LogP contribution is -2.06. The third-order valence-electron chi connectivity index (χ3n) is 2.91. The van der Waals surface area contributed by atoms with Gasteiger partial charge in [-0.05, 0) is 18.2 Å². The third-order valence-corrected chi connectivity index (χ3v) is 3.94. The summed E-state index contributed by atoms with van der Waals surface area (Å²) < 4.78 is 5.23. The fraction of sp³-hybridized carbons (Fsp3) is 0.0714. The Bertz CT molecular complexity index is 850. The maximum atomic E-state index is 11.9. The Morgan fingerprint density at radius 1 is 1.20 bits per heavy atom. The number of para-hydroxylation sites is 1. The molecule has 0 aliphatic rings. The molecule has 1 aromatic carbocycles. The van der Waals surface area contributed by atoms with E-state index in [2.05, 4.69) is 0 Å². The molecule has 0 bridgehead atoms. The molecule has 2 heterocycles. The van der Waals surface area contributed by atoms with Crippen molar-refractivity contribution in [1.82, 2.24) is 0 Å². The van der Waals surface area contributed by atoms with E-state index in [1.54, 1.807) is 24.3 Å². The lowest BCUT2D eigenvalue weighted by atomic mass is 10.1. The predicted molar refractivity (Wildman–Crippen MR) is 76.3 cm³/mol. The molecule has 2 aromatic heterocycles. The number of hydrogen-bond donors (Lipinski definition) is 0. The summed E-state index contributed by atoms with van der Waals surface area (Å²) in [6.45, 7) is 0. The van der Waals surface area contributed by atoms with Crippen molar-refractivity contribution in [2.75, 3.05) is 0 Å². The van der Waals surface area contributed by atoms with Crippen LogP contribution in [-0.2, 0) is 6.42 Å². The van der Waals surface area contributed by atoms with Gasteiger partial charge in [0.15, 0.2) is 0 Å². The van der Waals surface area contributed by atoms with Crippen molar-refractivity contribution in [3.05, 3.63) is 73.4 Å². The minimum atomic E-state index is -0.433. The highest BCUT2D eigenvalue weighted by molar-refractivity contribution is 7.15. The molecule has 3 aromatic rings. The average Bonchev–Trinajstić information content (AvgIpc) is 2.88. The molecule has 5 nitrogen and oxygen atoms in total. The first kappa shape index (κ1) is 12.6. The van der Waals surface area contributed by atoms with Crippen molar-refractivity contribution in [2.45, 2.75) is 6.42 Å². The van der Waals surface area contributed by atoms with Crippen LogP contribution in [0.4, 0.5) is 5.00 Å². The first-order valence-corrected chi connectivity index (χ1v) is 6.70.